The zero-order valence-electron chi connectivity index (χ0n) is 15.4. The minimum atomic E-state index is -3.78. The van der Waals surface area contributed by atoms with Gasteiger partial charge < -0.3 is 14.6 Å². The molecule has 0 unspecified atom stereocenters. The summed E-state index contributed by atoms with van der Waals surface area (Å²) in [7, 11) is -2.08. The number of carboxylic acid groups (broad SMARTS) is 1. The Labute approximate surface area is 159 Å². The van der Waals surface area contributed by atoms with Crippen molar-refractivity contribution in [2.75, 3.05) is 19.6 Å². The summed E-state index contributed by atoms with van der Waals surface area (Å²) in [5.74, 6) is -0.229. The molecular formula is C18H24N4O4S. The number of carbonyl (C=O) groups is 1. The number of hydrogen-bond donors (Lipinski definition) is 1. The minimum Gasteiger partial charge on any atom is -0.465 e. The number of amides is 1. The van der Waals surface area contributed by atoms with Crippen LogP contribution in [0.15, 0.2) is 47.9 Å². The van der Waals surface area contributed by atoms with E-state index in [0.29, 0.717) is 13.0 Å². The van der Waals surface area contributed by atoms with Gasteiger partial charge >= 0.3 is 6.09 Å². The Bertz CT molecular complexity index is 897. The van der Waals surface area contributed by atoms with E-state index in [-0.39, 0.29) is 24.0 Å². The van der Waals surface area contributed by atoms with Gasteiger partial charge in [-0.3, -0.25) is 0 Å². The molecule has 1 amide bonds. The average molecular weight is 392 g/mol. The standard InChI is InChI=1S/C18H24N4O4S/c1-3-9-22(18(23)24)16-11-21(10-15(16)14-7-5-4-6-8-14)27(25,26)17-12-20(2)13-19-17/h4-8,12-13,15-16H,3,9-11H2,1-2H3,(H,23,24)/t15-,16+/m1/s1. The van der Waals surface area contributed by atoms with Gasteiger partial charge in [0.25, 0.3) is 10.0 Å². The summed E-state index contributed by atoms with van der Waals surface area (Å²) in [6.07, 6.45) is 2.54. The summed E-state index contributed by atoms with van der Waals surface area (Å²) in [5, 5.41) is 9.66. The largest absolute Gasteiger partial charge is 0.465 e. The Hall–Kier alpha value is -2.39. The first-order valence-corrected chi connectivity index (χ1v) is 10.3. The number of aromatic nitrogens is 2. The molecular weight excluding hydrogens is 368 g/mol. The maximum Gasteiger partial charge on any atom is 0.407 e. The lowest BCUT2D eigenvalue weighted by atomic mass is 9.93. The molecule has 9 heteroatoms. The Morgan fingerprint density at radius 3 is 2.56 bits per heavy atom. The molecule has 2 heterocycles. The minimum absolute atomic E-state index is 0.0187. The molecule has 0 spiro atoms. The smallest absolute Gasteiger partial charge is 0.407 e. The molecule has 1 aromatic carbocycles. The van der Waals surface area contributed by atoms with Gasteiger partial charge in [0.05, 0.1) is 12.4 Å². The van der Waals surface area contributed by atoms with Crippen molar-refractivity contribution < 1.29 is 18.3 Å². The molecule has 0 radical (unpaired) electrons. The average Bonchev–Trinajstić information content (AvgIpc) is 3.27. The normalized spacial score (nSPS) is 20.7. The second kappa shape index (κ2) is 7.69. The quantitative estimate of drug-likeness (QED) is 0.811. The van der Waals surface area contributed by atoms with Crippen LogP contribution in [0.2, 0.25) is 0 Å². The zero-order chi connectivity index (χ0) is 19.6. The number of imidazole rings is 1. The molecule has 2 atom stereocenters. The molecule has 1 aliphatic rings. The first kappa shape index (κ1) is 19.4. The predicted octanol–water partition coefficient (Wildman–Crippen LogP) is 1.97. The fourth-order valence-corrected chi connectivity index (χ4v) is 5.04. The van der Waals surface area contributed by atoms with Gasteiger partial charge in [-0.15, -0.1) is 0 Å². The van der Waals surface area contributed by atoms with Crippen molar-refractivity contribution >= 4 is 16.1 Å². The molecule has 146 valence electrons. The molecule has 1 saturated heterocycles. The van der Waals surface area contributed by atoms with E-state index in [1.165, 1.54) is 21.7 Å². The second-order valence-electron chi connectivity index (χ2n) is 6.76. The third-order valence-corrected chi connectivity index (χ3v) is 6.60. The Morgan fingerprint density at radius 2 is 2.00 bits per heavy atom. The van der Waals surface area contributed by atoms with Crippen LogP contribution >= 0.6 is 0 Å². The van der Waals surface area contributed by atoms with Crippen LogP contribution in [-0.4, -0.2) is 64.0 Å². The molecule has 1 aliphatic heterocycles. The monoisotopic (exact) mass is 392 g/mol. The maximum absolute atomic E-state index is 13.0. The molecule has 0 bridgehead atoms. The number of aryl methyl sites for hydroxylation is 1. The van der Waals surface area contributed by atoms with Crippen molar-refractivity contribution in [1.82, 2.24) is 18.8 Å². The van der Waals surface area contributed by atoms with Gasteiger partial charge in [-0.25, -0.2) is 18.2 Å². The van der Waals surface area contributed by atoms with Crippen LogP contribution in [0.1, 0.15) is 24.8 Å². The van der Waals surface area contributed by atoms with Gasteiger partial charge in [0, 0.05) is 38.8 Å². The molecule has 1 fully saturated rings. The van der Waals surface area contributed by atoms with Crippen molar-refractivity contribution in [3.8, 4) is 0 Å². The van der Waals surface area contributed by atoms with E-state index in [9.17, 15) is 18.3 Å². The maximum atomic E-state index is 13.0. The van der Waals surface area contributed by atoms with Gasteiger partial charge in [0.2, 0.25) is 0 Å². The van der Waals surface area contributed by atoms with E-state index in [0.717, 1.165) is 5.56 Å². The van der Waals surface area contributed by atoms with Crippen LogP contribution in [0, 0.1) is 0 Å². The fraction of sp³-hybridized carbons (Fsp3) is 0.444. The SMILES string of the molecule is CCCN(C(=O)O)[C@H]1CN(S(=O)(=O)c2cn(C)cn2)C[C@@H]1c1ccccc1. The highest BCUT2D eigenvalue weighted by molar-refractivity contribution is 7.89. The molecule has 1 N–H and O–H groups in total. The van der Waals surface area contributed by atoms with Crippen molar-refractivity contribution in [2.45, 2.75) is 30.3 Å². The third-order valence-electron chi connectivity index (χ3n) is 4.88. The highest BCUT2D eigenvalue weighted by Gasteiger charge is 2.44. The summed E-state index contributed by atoms with van der Waals surface area (Å²) >= 11 is 0. The van der Waals surface area contributed by atoms with Crippen LogP contribution in [0.5, 0.6) is 0 Å². The van der Waals surface area contributed by atoms with Crippen molar-refractivity contribution in [3.05, 3.63) is 48.4 Å². The lowest BCUT2D eigenvalue weighted by molar-refractivity contribution is 0.123. The van der Waals surface area contributed by atoms with E-state index in [1.54, 1.807) is 11.6 Å². The topological polar surface area (TPSA) is 95.7 Å². The first-order valence-electron chi connectivity index (χ1n) is 8.87. The van der Waals surface area contributed by atoms with Crippen molar-refractivity contribution in [3.63, 3.8) is 0 Å². The number of hydrogen-bond acceptors (Lipinski definition) is 4. The summed E-state index contributed by atoms with van der Waals surface area (Å²) in [5.41, 5.74) is 0.934. The second-order valence-corrected chi connectivity index (χ2v) is 8.64. The van der Waals surface area contributed by atoms with Crippen LogP contribution in [-0.2, 0) is 17.1 Å². The zero-order valence-corrected chi connectivity index (χ0v) is 16.2. The first-order chi connectivity index (χ1) is 12.8. The lowest BCUT2D eigenvalue weighted by Gasteiger charge is -2.30. The number of rotatable bonds is 6. The van der Waals surface area contributed by atoms with E-state index >= 15 is 0 Å². The highest BCUT2D eigenvalue weighted by Crippen LogP contribution is 2.34. The Kier molecular flexibility index (Phi) is 5.52. The van der Waals surface area contributed by atoms with Gasteiger partial charge in [-0.1, -0.05) is 37.3 Å². The summed E-state index contributed by atoms with van der Waals surface area (Å²) in [6, 6.07) is 9.04. The predicted molar refractivity (Wildman–Crippen MR) is 100.0 cm³/mol. The molecule has 3 rings (SSSR count). The van der Waals surface area contributed by atoms with E-state index in [1.807, 2.05) is 37.3 Å². The lowest BCUT2D eigenvalue weighted by Crippen LogP contribution is -2.44. The van der Waals surface area contributed by atoms with Gasteiger partial charge in [0.1, 0.15) is 0 Å². The summed E-state index contributed by atoms with van der Waals surface area (Å²) in [6.45, 7) is 2.61. The van der Waals surface area contributed by atoms with Crippen LogP contribution in [0.3, 0.4) is 0 Å². The van der Waals surface area contributed by atoms with E-state index < -0.39 is 22.2 Å². The Balaban J connectivity index is 1.97. The highest BCUT2D eigenvalue weighted by atomic mass is 32.2. The molecule has 1 aromatic heterocycles. The molecule has 2 aromatic rings. The third kappa shape index (κ3) is 3.84. The summed E-state index contributed by atoms with van der Waals surface area (Å²) in [4.78, 5) is 17.2. The molecule has 0 aliphatic carbocycles. The van der Waals surface area contributed by atoms with Crippen LogP contribution in [0.4, 0.5) is 4.79 Å². The number of sulfonamides is 1. The van der Waals surface area contributed by atoms with E-state index in [4.69, 9.17) is 0 Å². The van der Waals surface area contributed by atoms with Gasteiger partial charge in [-0.2, -0.15) is 4.31 Å². The summed E-state index contributed by atoms with van der Waals surface area (Å²) < 4.78 is 28.9. The van der Waals surface area contributed by atoms with Crippen LogP contribution in [0.25, 0.3) is 0 Å². The van der Waals surface area contributed by atoms with Gasteiger partial charge in [0.15, 0.2) is 5.03 Å². The van der Waals surface area contributed by atoms with Crippen LogP contribution < -0.4 is 0 Å². The molecule has 27 heavy (non-hydrogen) atoms. The molecule has 8 nitrogen and oxygen atoms in total. The van der Waals surface area contributed by atoms with Crippen molar-refractivity contribution in [1.29, 1.82) is 0 Å². The Morgan fingerprint density at radius 1 is 1.30 bits per heavy atom. The van der Waals surface area contributed by atoms with Crippen molar-refractivity contribution in [2.24, 2.45) is 7.05 Å². The van der Waals surface area contributed by atoms with E-state index in [2.05, 4.69) is 4.98 Å². The van der Waals surface area contributed by atoms with Gasteiger partial charge in [-0.05, 0) is 12.0 Å². The number of benzene rings is 1. The fourth-order valence-electron chi connectivity index (χ4n) is 3.59. The molecule has 0 saturated carbocycles. The number of nitrogens with zero attached hydrogens (tertiary/aromatic N) is 4.